The van der Waals surface area contributed by atoms with Crippen molar-refractivity contribution in [1.82, 2.24) is 36.5 Å². The first kappa shape index (κ1) is 43.2. The number of carboxylic acid groups (broad SMARTS) is 1. The number of aliphatic hydroxyl groups is 1. The van der Waals surface area contributed by atoms with Crippen LogP contribution in [0.25, 0.3) is 10.9 Å². The summed E-state index contributed by atoms with van der Waals surface area (Å²) in [5, 5.41) is 31.6. The first-order valence-electron chi connectivity index (χ1n) is 17.4. The van der Waals surface area contributed by atoms with Crippen LogP contribution in [-0.4, -0.2) is 129 Å². The number of thiol groups is 1. The van der Waals surface area contributed by atoms with E-state index in [0.29, 0.717) is 12.0 Å². The number of aliphatic hydroxyl groups excluding tert-OH is 1. The Morgan fingerprint density at radius 1 is 0.963 bits per heavy atom. The smallest absolute Gasteiger partial charge is 0.328 e. The number of nitrogens with zero attached hydrogens (tertiary/aromatic N) is 1. The summed E-state index contributed by atoms with van der Waals surface area (Å²) in [6, 6.07) is 0.00654. The number of nitrogens with one attached hydrogen (secondary N) is 6. The molecule has 0 aliphatic carbocycles. The van der Waals surface area contributed by atoms with E-state index in [-0.39, 0.29) is 38.0 Å². The highest BCUT2D eigenvalue weighted by Gasteiger charge is 2.40. The predicted octanol–water partition coefficient (Wildman–Crippen LogP) is -2.99. The van der Waals surface area contributed by atoms with E-state index < -0.39 is 103 Å². The summed E-state index contributed by atoms with van der Waals surface area (Å²) in [6.07, 6.45) is 2.19. The molecule has 0 spiro atoms. The molecular formula is C34H49N9O10S. The first-order valence-corrected chi connectivity index (χ1v) is 18.0. The number of carboxylic acids is 1. The molecule has 1 aromatic heterocycles. The molecule has 54 heavy (non-hydrogen) atoms. The third-order valence-corrected chi connectivity index (χ3v) is 9.26. The Morgan fingerprint density at radius 3 is 2.30 bits per heavy atom. The van der Waals surface area contributed by atoms with Crippen LogP contribution < -0.4 is 38.1 Å². The van der Waals surface area contributed by atoms with Crippen molar-refractivity contribution in [3.05, 3.63) is 36.0 Å². The maximum atomic E-state index is 13.6. The number of carbonyl (C=O) groups excluding carboxylic acids is 7. The van der Waals surface area contributed by atoms with Crippen molar-refractivity contribution >= 4 is 70.9 Å². The van der Waals surface area contributed by atoms with Crippen LogP contribution in [0.15, 0.2) is 30.5 Å². The molecule has 2 heterocycles. The van der Waals surface area contributed by atoms with Gasteiger partial charge in [-0.2, -0.15) is 12.6 Å². The van der Waals surface area contributed by atoms with Crippen molar-refractivity contribution in [2.75, 3.05) is 25.4 Å². The molecular weight excluding hydrogens is 726 g/mol. The van der Waals surface area contributed by atoms with Crippen LogP contribution in [0.4, 0.5) is 0 Å². The van der Waals surface area contributed by atoms with Gasteiger partial charge in [-0.1, -0.05) is 32.0 Å². The van der Waals surface area contributed by atoms with Crippen LogP contribution in [0.3, 0.4) is 0 Å². The van der Waals surface area contributed by atoms with Crippen molar-refractivity contribution in [3.8, 4) is 0 Å². The molecule has 0 bridgehead atoms. The highest BCUT2D eigenvalue weighted by molar-refractivity contribution is 7.80. The number of para-hydroxylation sites is 1. The van der Waals surface area contributed by atoms with Gasteiger partial charge in [0, 0.05) is 42.2 Å². The average Bonchev–Trinajstić information content (AvgIpc) is 3.80. The number of nitrogens with two attached hydrogens (primary N) is 2. The van der Waals surface area contributed by atoms with Crippen LogP contribution in [0, 0.1) is 5.92 Å². The highest BCUT2D eigenvalue weighted by Crippen LogP contribution is 2.21. The number of aliphatic carboxylic acids is 1. The minimum absolute atomic E-state index is 0.0130. The molecule has 12 N–H and O–H groups in total. The van der Waals surface area contributed by atoms with Gasteiger partial charge in [0.05, 0.1) is 19.2 Å². The zero-order valence-corrected chi connectivity index (χ0v) is 30.9. The zero-order valence-electron chi connectivity index (χ0n) is 30.0. The molecule has 7 amide bonds. The van der Waals surface area contributed by atoms with E-state index in [2.05, 4.69) is 44.2 Å². The normalized spacial score (nSPS) is 16.8. The van der Waals surface area contributed by atoms with Gasteiger partial charge < -0.3 is 58.1 Å². The molecule has 20 heteroatoms. The molecule has 1 aliphatic heterocycles. The number of aromatic nitrogens is 1. The van der Waals surface area contributed by atoms with Crippen LogP contribution in [0.2, 0.25) is 0 Å². The maximum Gasteiger partial charge on any atom is 0.328 e. The number of hydrogen-bond acceptors (Lipinski definition) is 11. The quantitative estimate of drug-likeness (QED) is 0.0603. The second-order valence-electron chi connectivity index (χ2n) is 13.3. The SMILES string of the molecule is CC(C)C(NC(=O)C(CS)NC(=O)CNC(=O)C(Cc1c[nH]c2ccccc12)NC(=O)C(N)CCC(N)=O)C(=O)N1CCCC1C(=O)NC(CO)C(=O)O. The van der Waals surface area contributed by atoms with Crippen molar-refractivity contribution in [1.29, 1.82) is 0 Å². The Labute approximate surface area is 316 Å². The van der Waals surface area contributed by atoms with Gasteiger partial charge in [0.2, 0.25) is 41.4 Å². The minimum Gasteiger partial charge on any atom is -0.480 e. The van der Waals surface area contributed by atoms with E-state index in [9.17, 15) is 48.6 Å². The van der Waals surface area contributed by atoms with Crippen LogP contribution >= 0.6 is 12.6 Å². The Morgan fingerprint density at radius 2 is 1.67 bits per heavy atom. The number of carbonyl (C=O) groups is 8. The van der Waals surface area contributed by atoms with Gasteiger partial charge in [-0.25, -0.2) is 4.79 Å². The lowest BCUT2D eigenvalue weighted by atomic mass is 10.0. The molecule has 1 aliphatic rings. The van der Waals surface area contributed by atoms with E-state index in [0.717, 1.165) is 10.9 Å². The van der Waals surface area contributed by atoms with Crippen molar-refractivity contribution in [2.45, 2.75) is 82.2 Å². The number of amides is 7. The standard InChI is InChI=1S/C34H49N9O10S/c1-17(2)28(33(51)43-11-5-8-25(43)32(50)41-23(15-44)34(52)53)42-31(49)24(16-54)39-27(46)14-38-30(48)22(40-29(47)20(35)9-10-26(36)45)12-18-13-37-21-7-4-3-6-19(18)21/h3-4,6-7,13,17,20,22-25,28,37,44,54H,5,8-12,14-16,35H2,1-2H3,(H2,36,45)(H,38,48)(H,39,46)(H,40,47)(H,41,50)(H,42,49)(H,52,53). The fourth-order valence-electron chi connectivity index (χ4n) is 5.87. The van der Waals surface area contributed by atoms with Crippen LogP contribution in [0.1, 0.15) is 45.1 Å². The van der Waals surface area contributed by atoms with Crippen molar-refractivity contribution in [3.63, 3.8) is 0 Å². The van der Waals surface area contributed by atoms with Gasteiger partial charge in [-0.3, -0.25) is 33.6 Å². The number of likely N-dealkylation sites (tertiary alicyclic amines) is 1. The Balaban J connectivity index is 1.65. The molecule has 19 nitrogen and oxygen atoms in total. The Bertz CT molecular complexity index is 1700. The summed E-state index contributed by atoms with van der Waals surface area (Å²) < 4.78 is 0. The number of rotatable bonds is 20. The second kappa shape index (κ2) is 20.3. The molecule has 296 valence electrons. The molecule has 0 saturated carbocycles. The van der Waals surface area contributed by atoms with Crippen LogP contribution in [0.5, 0.6) is 0 Å². The molecule has 6 atom stereocenters. The van der Waals surface area contributed by atoms with Gasteiger partial charge in [-0.05, 0) is 36.8 Å². The summed E-state index contributed by atoms with van der Waals surface area (Å²) >= 11 is 4.18. The lowest BCUT2D eigenvalue weighted by molar-refractivity contribution is -0.146. The lowest BCUT2D eigenvalue weighted by Gasteiger charge is -2.31. The molecule has 2 aromatic rings. The number of benzene rings is 1. The van der Waals surface area contributed by atoms with Gasteiger partial charge in [0.15, 0.2) is 0 Å². The fraction of sp³-hybridized carbons (Fsp3) is 0.529. The Hall–Kier alpha value is -5.21. The third-order valence-electron chi connectivity index (χ3n) is 8.89. The number of primary amides is 1. The van der Waals surface area contributed by atoms with E-state index in [1.807, 2.05) is 24.3 Å². The zero-order chi connectivity index (χ0) is 40.1. The molecule has 1 aromatic carbocycles. The molecule has 6 unspecified atom stereocenters. The van der Waals surface area contributed by atoms with Crippen molar-refractivity contribution in [2.24, 2.45) is 17.4 Å². The van der Waals surface area contributed by atoms with E-state index in [1.54, 1.807) is 20.0 Å². The molecule has 1 fully saturated rings. The number of aromatic amines is 1. The van der Waals surface area contributed by atoms with Gasteiger partial charge in [-0.15, -0.1) is 0 Å². The lowest BCUT2D eigenvalue weighted by Crippen LogP contribution is -2.59. The third kappa shape index (κ3) is 11.9. The minimum atomic E-state index is -1.55. The van der Waals surface area contributed by atoms with Crippen molar-refractivity contribution < 1.29 is 48.6 Å². The van der Waals surface area contributed by atoms with Gasteiger partial charge in [0.1, 0.15) is 30.2 Å². The monoisotopic (exact) mass is 775 g/mol. The predicted molar refractivity (Wildman–Crippen MR) is 197 cm³/mol. The number of H-pyrrole nitrogens is 1. The summed E-state index contributed by atoms with van der Waals surface area (Å²) in [5.41, 5.74) is 12.6. The summed E-state index contributed by atoms with van der Waals surface area (Å²) in [7, 11) is 0. The van der Waals surface area contributed by atoms with E-state index >= 15 is 0 Å². The molecule has 1 saturated heterocycles. The van der Waals surface area contributed by atoms with E-state index in [4.69, 9.17) is 11.5 Å². The molecule has 0 radical (unpaired) electrons. The Kier molecular flexibility index (Phi) is 16.2. The van der Waals surface area contributed by atoms with Gasteiger partial charge in [0.25, 0.3) is 0 Å². The largest absolute Gasteiger partial charge is 0.480 e. The summed E-state index contributed by atoms with van der Waals surface area (Å²) in [4.78, 5) is 106. The molecule has 3 rings (SSSR count). The fourth-order valence-corrected chi connectivity index (χ4v) is 6.13. The summed E-state index contributed by atoms with van der Waals surface area (Å²) in [6.45, 7) is 2.05. The second-order valence-corrected chi connectivity index (χ2v) is 13.6. The number of hydrogen-bond donors (Lipinski definition) is 11. The average molecular weight is 776 g/mol. The topological polar surface area (TPSA) is 308 Å². The highest BCUT2D eigenvalue weighted by atomic mass is 32.1. The van der Waals surface area contributed by atoms with Crippen LogP contribution in [-0.2, 0) is 44.8 Å². The maximum absolute atomic E-state index is 13.6. The first-order chi connectivity index (χ1) is 25.6. The van der Waals surface area contributed by atoms with Gasteiger partial charge >= 0.3 is 5.97 Å². The summed E-state index contributed by atoms with van der Waals surface area (Å²) in [5.74, 6) is -7.10. The number of fused-ring (bicyclic) bond motifs is 1. The van der Waals surface area contributed by atoms with E-state index in [1.165, 1.54) is 4.90 Å².